The number of rotatable bonds is 7. The van der Waals surface area contributed by atoms with E-state index in [1.165, 1.54) is 4.68 Å². The maximum atomic E-state index is 12.2. The molecule has 0 atom stereocenters. The Labute approximate surface area is 118 Å². The Kier molecular flexibility index (Phi) is 5.66. The highest BCUT2D eigenvalue weighted by molar-refractivity contribution is 5.76. The van der Waals surface area contributed by atoms with Crippen molar-refractivity contribution < 1.29 is 14.7 Å². The van der Waals surface area contributed by atoms with E-state index in [1.54, 1.807) is 11.1 Å². The summed E-state index contributed by atoms with van der Waals surface area (Å²) in [6.07, 6.45) is 1.96. The van der Waals surface area contributed by atoms with E-state index in [0.717, 1.165) is 0 Å². The number of hydrogen-bond acceptors (Lipinski definition) is 4. The lowest BCUT2D eigenvalue weighted by molar-refractivity contribution is -0.137. The number of carboxylic acids is 1. The summed E-state index contributed by atoms with van der Waals surface area (Å²) in [6, 6.07) is 0.245. The van der Waals surface area contributed by atoms with Crippen LogP contribution in [0.15, 0.2) is 6.20 Å². The molecular formula is C13H22N4O3. The van der Waals surface area contributed by atoms with Crippen molar-refractivity contribution in [1.29, 1.82) is 0 Å². The van der Waals surface area contributed by atoms with E-state index in [1.807, 2.05) is 27.7 Å². The minimum absolute atomic E-state index is 0.0107. The number of aliphatic carboxylic acids is 1. The summed E-state index contributed by atoms with van der Waals surface area (Å²) in [5.74, 6) is -0.897. The second kappa shape index (κ2) is 7.02. The Morgan fingerprint density at radius 2 is 1.90 bits per heavy atom. The fourth-order valence-corrected chi connectivity index (χ4v) is 2.16. The molecule has 7 nitrogen and oxygen atoms in total. The van der Waals surface area contributed by atoms with Gasteiger partial charge in [0.25, 0.3) is 0 Å². The third-order valence-corrected chi connectivity index (χ3v) is 2.88. The Balaban J connectivity index is 2.64. The first-order valence-electron chi connectivity index (χ1n) is 6.73. The number of amides is 1. The lowest BCUT2D eigenvalue weighted by Crippen LogP contribution is -2.43. The lowest BCUT2D eigenvalue weighted by Gasteiger charge is -2.30. The highest BCUT2D eigenvalue weighted by Gasteiger charge is 2.20. The van der Waals surface area contributed by atoms with Crippen molar-refractivity contribution in [3.8, 4) is 0 Å². The second-order valence-electron chi connectivity index (χ2n) is 5.29. The van der Waals surface area contributed by atoms with Gasteiger partial charge in [-0.3, -0.25) is 9.59 Å². The molecule has 0 saturated heterocycles. The fraction of sp³-hybridized carbons (Fsp3) is 0.692. The zero-order chi connectivity index (χ0) is 15.3. The first-order chi connectivity index (χ1) is 9.31. The minimum Gasteiger partial charge on any atom is -0.481 e. The van der Waals surface area contributed by atoms with E-state index < -0.39 is 5.97 Å². The Hall–Kier alpha value is -1.92. The van der Waals surface area contributed by atoms with E-state index in [0.29, 0.717) is 12.1 Å². The largest absolute Gasteiger partial charge is 0.481 e. The average molecular weight is 282 g/mol. The summed E-state index contributed by atoms with van der Waals surface area (Å²) in [5, 5.41) is 16.3. The molecule has 0 aliphatic carbocycles. The fourth-order valence-electron chi connectivity index (χ4n) is 2.16. The molecule has 0 aromatic carbocycles. The van der Waals surface area contributed by atoms with Gasteiger partial charge in [-0.2, -0.15) is 0 Å². The number of carbonyl (C=O) groups excluding carboxylic acids is 1. The van der Waals surface area contributed by atoms with Gasteiger partial charge < -0.3 is 10.0 Å². The van der Waals surface area contributed by atoms with E-state index in [9.17, 15) is 9.59 Å². The highest BCUT2D eigenvalue weighted by atomic mass is 16.4. The maximum absolute atomic E-state index is 12.2. The predicted octanol–water partition coefficient (Wildman–Crippen LogP) is 0.941. The predicted molar refractivity (Wildman–Crippen MR) is 73.1 cm³/mol. The van der Waals surface area contributed by atoms with Gasteiger partial charge in [-0.1, -0.05) is 5.21 Å². The summed E-state index contributed by atoms with van der Waals surface area (Å²) >= 11 is 0. The molecule has 1 N–H and O–H groups in total. The number of nitrogens with zero attached hydrogens (tertiary/aromatic N) is 4. The van der Waals surface area contributed by atoms with Crippen molar-refractivity contribution in [2.45, 2.75) is 59.2 Å². The van der Waals surface area contributed by atoms with Crippen LogP contribution in [0.3, 0.4) is 0 Å². The molecule has 0 saturated carbocycles. The van der Waals surface area contributed by atoms with Crippen LogP contribution in [-0.4, -0.2) is 49.0 Å². The molecule has 0 fully saturated rings. The summed E-state index contributed by atoms with van der Waals surface area (Å²) in [6.45, 7) is 8.00. The van der Waals surface area contributed by atoms with E-state index in [-0.39, 0.29) is 31.0 Å². The molecule has 0 aliphatic rings. The first-order valence-corrected chi connectivity index (χ1v) is 6.73. The van der Waals surface area contributed by atoms with Gasteiger partial charge in [0.05, 0.1) is 12.1 Å². The van der Waals surface area contributed by atoms with Crippen LogP contribution in [0.1, 0.15) is 39.8 Å². The van der Waals surface area contributed by atoms with Gasteiger partial charge in [0.15, 0.2) is 0 Å². The van der Waals surface area contributed by atoms with Crippen LogP contribution in [-0.2, 0) is 22.6 Å². The number of carbonyl (C=O) groups is 2. The van der Waals surface area contributed by atoms with Gasteiger partial charge in [-0.05, 0) is 27.7 Å². The summed E-state index contributed by atoms with van der Waals surface area (Å²) in [7, 11) is 0. The normalized spacial score (nSPS) is 11.1. The SMILES string of the molecule is CC(C)N(C(=O)Cn1cc(CCC(=O)O)nn1)C(C)C. The topological polar surface area (TPSA) is 88.3 Å². The van der Waals surface area contributed by atoms with Crippen LogP contribution in [0, 0.1) is 0 Å². The molecule has 1 amide bonds. The van der Waals surface area contributed by atoms with E-state index >= 15 is 0 Å². The van der Waals surface area contributed by atoms with E-state index in [4.69, 9.17) is 5.11 Å². The highest BCUT2D eigenvalue weighted by Crippen LogP contribution is 2.07. The van der Waals surface area contributed by atoms with Crippen LogP contribution in [0.4, 0.5) is 0 Å². The molecule has 1 aromatic heterocycles. The molecular weight excluding hydrogens is 260 g/mol. The van der Waals surface area contributed by atoms with Gasteiger partial charge in [0.2, 0.25) is 5.91 Å². The Morgan fingerprint density at radius 1 is 1.30 bits per heavy atom. The molecule has 0 unspecified atom stereocenters. The molecule has 7 heteroatoms. The molecule has 112 valence electrons. The average Bonchev–Trinajstić information content (AvgIpc) is 2.72. The third-order valence-electron chi connectivity index (χ3n) is 2.88. The van der Waals surface area contributed by atoms with Crippen LogP contribution in [0.5, 0.6) is 0 Å². The quantitative estimate of drug-likeness (QED) is 0.804. The van der Waals surface area contributed by atoms with Crippen LogP contribution >= 0.6 is 0 Å². The molecule has 0 bridgehead atoms. The van der Waals surface area contributed by atoms with Gasteiger partial charge in [0.1, 0.15) is 6.54 Å². The standard InChI is InChI=1S/C13H22N4O3/c1-9(2)17(10(3)4)12(18)8-16-7-11(14-15-16)5-6-13(19)20/h7,9-10H,5-6,8H2,1-4H3,(H,19,20). The Bertz CT molecular complexity index is 460. The third kappa shape index (κ3) is 4.64. The Morgan fingerprint density at radius 3 is 2.40 bits per heavy atom. The van der Waals surface area contributed by atoms with Crippen molar-refractivity contribution in [2.24, 2.45) is 0 Å². The summed E-state index contributed by atoms with van der Waals surface area (Å²) in [4.78, 5) is 24.5. The molecule has 0 spiro atoms. The molecule has 1 rings (SSSR count). The summed E-state index contributed by atoms with van der Waals surface area (Å²) < 4.78 is 1.46. The van der Waals surface area contributed by atoms with Gasteiger partial charge in [0, 0.05) is 24.7 Å². The lowest BCUT2D eigenvalue weighted by atomic mass is 10.2. The molecule has 0 aliphatic heterocycles. The first kappa shape index (κ1) is 16.1. The van der Waals surface area contributed by atoms with E-state index in [2.05, 4.69) is 10.3 Å². The number of carboxylic acid groups (broad SMARTS) is 1. The van der Waals surface area contributed by atoms with Crippen molar-refractivity contribution in [2.75, 3.05) is 0 Å². The number of aromatic nitrogens is 3. The van der Waals surface area contributed by atoms with Gasteiger partial charge >= 0.3 is 5.97 Å². The monoisotopic (exact) mass is 282 g/mol. The molecule has 1 heterocycles. The second-order valence-corrected chi connectivity index (χ2v) is 5.29. The summed E-state index contributed by atoms with van der Waals surface area (Å²) in [5.41, 5.74) is 0.584. The molecule has 1 aromatic rings. The number of aryl methyl sites for hydroxylation is 1. The van der Waals surface area contributed by atoms with Gasteiger partial charge in [-0.15, -0.1) is 5.10 Å². The number of hydrogen-bond donors (Lipinski definition) is 1. The zero-order valence-electron chi connectivity index (χ0n) is 12.4. The zero-order valence-corrected chi connectivity index (χ0v) is 12.4. The maximum Gasteiger partial charge on any atom is 0.303 e. The molecule has 20 heavy (non-hydrogen) atoms. The van der Waals surface area contributed by atoms with Gasteiger partial charge in [-0.25, -0.2) is 4.68 Å². The van der Waals surface area contributed by atoms with Crippen molar-refractivity contribution >= 4 is 11.9 Å². The smallest absolute Gasteiger partial charge is 0.303 e. The van der Waals surface area contributed by atoms with Crippen LogP contribution in [0.25, 0.3) is 0 Å². The van der Waals surface area contributed by atoms with Crippen molar-refractivity contribution in [1.82, 2.24) is 19.9 Å². The van der Waals surface area contributed by atoms with Crippen LogP contribution < -0.4 is 0 Å². The van der Waals surface area contributed by atoms with Crippen LogP contribution in [0.2, 0.25) is 0 Å². The van der Waals surface area contributed by atoms with Crippen molar-refractivity contribution in [3.05, 3.63) is 11.9 Å². The van der Waals surface area contributed by atoms with Crippen molar-refractivity contribution in [3.63, 3.8) is 0 Å². The minimum atomic E-state index is -0.874. The molecule has 0 radical (unpaired) electrons.